The first kappa shape index (κ1) is 11.5. The van der Waals surface area contributed by atoms with Gasteiger partial charge in [0.25, 0.3) is 0 Å². The van der Waals surface area contributed by atoms with Gasteiger partial charge in [-0.1, -0.05) is 11.6 Å². The maximum atomic E-state index is 9.88. The number of hydrogen-bond donors (Lipinski definition) is 1. The summed E-state index contributed by atoms with van der Waals surface area (Å²) >= 11 is 11.6. The van der Waals surface area contributed by atoms with Crippen LogP contribution in [0.4, 0.5) is 0 Å². The Bertz CT molecular complexity index is 484. The Morgan fingerprint density at radius 3 is 2.75 bits per heavy atom. The first-order chi connectivity index (χ1) is 7.66. The summed E-state index contributed by atoms with van der Waals surface area (Å²) in [7, 11) is 0. The van der Waals surface area contributed by atoms with E-state index in [2.05, 4.69) is 4.98 Å². The highest BCUT2D eigenvalue weighted by atomic mass is 35.5. The Morgan fingerprint density at radius 2 is 2.12 bits per heavy atom. The maximum Gasteiger partial charge on any atom is 0.193 e. The molecule has 0 fully saturated rings. The SMILES string of the molecule is OC(Cc1ccncc1Cl)c1ccc(Cl)o1. The van der Waals surface area contributed by atoms with Gasteiger partial charge in [0.1, 0.15) is 11.9 Å². The third kappa shape index (κ3) is 2.55. The summed E-state index contributed by atoms with van der Waals surface area (Å²) in [4.78, 5) is 3.87. The molecule has 0 aliphatic carbocycles. The third-order valence-corrected chi connectivity index (χ3v) is 2.74. The molecule has 0 saturated heterocycles. The molecule has 2 aromatic rings. The smallest absolute Gasteiger partial charge is 0.193 e. The molecular weight excluding hydrogens is 249 g/mol. The van der Waals surface area contributed by atoms with Gasteiger partial charge in [0.2, 0.25) is 0 Å². The normalized spacial score (nSPS) is 12.7. The minimum atomic E-state index is -0.757. The number of hydrogen-bond acceptors (Lipinski definition) is 3. The highest BCUT2D eigenvalue weighted by Crippen LogP contribution is 2.25. The Kier molecular flexibility index (Phi) is 3.49. The molecule has 0 aliphatic rings. The molecule has 2 aromatic heterocycles. The molecule has 0 saturated carbocycles. The van der Waals surface area contributed by atoms with Crippen molar-refractivity contribution in [3.8, 4) is 0 Å². The molecule has 2 heterocycles. The van der Waals surface area contributed by atoms with Crippen molar-refractivity contribution in [1.29, 1.82) is 0 Å². The highest BCUT2D eigenvalue weighted by Gasteiger charge is 2.14. The van der Waals surface area contributed by atoms with Crippen molar-refractivity contribution in [2.75, 3.05) is 0 Å². The van der Waals surface area contributed by atoms with Gasteiger partial charge < -0.3 is 9.52 Å². The fourth-order valence-corrected chi connectivity index (χ4v) is 1.73. The van der Waals surface area contributed by atoms with Crippen LogP contribution in [0.1, 0.15) is 17.4 Å². The van der Waals surface area contributed by atoms with Gasteiger partial charge in [-0.2, -0.15) is 0 Å². The molecule has 0 spiro atoms. The number of halogens is 2. The van der Waals surface area contributed by atoms with Crippen molar-refractivity contribution in [2.45, 2.75) is 12.5 Å². The third-order valence-electron chi connectivity index (χ3n) is 2.19. The zero-order valence-corrected chi connectivity index (χ0v) is 9.74. The van der Waals surface area contributed by atoms with E-state index in [1.165, 1.54) is 0 Å². The first-order valence-electron chi connectivity index (χ1n) is 4.68. The summed E-state index contributed by atoms with van der Waals surface area (Å²) < 4.78 is 5.11. The zero-order valence-electron chi connectivity index (χ0n) is 8.23. The number of aliphatic hydroxyl groups is 1. The van der Waals surface area contributed by atoms with Crippen LogP contribution < -0.4 is 0 Å². The Hall–Kier alpha value is -1.03. The van der Waals surface area contributed by atoms with Gasteiger partial charge >= 0.3 is 0 Å². The summed E-state index contributed by atoms with van der Waals surface area (Å²) in [6.07, 6.45) is 2.78. The van der Waals surface area contributed by atoms with Gasteiger partial charge in [-0.05, 0) is 35.4 Å². The molecule has 0 aromatic carbocycles. The lowest BCUT2D eigenvalue weighted by molar-refractivity contribution is 0.150. The Morgan fingerprint density at radius 1 is 1.31 bits per heavy atom. The van der Waals surface area contributed by atoms with Crippen molar-refractivity contribution in [3.63, 3.8) is 0 Å². The van der Waals surface area contributed by atoms with E-state index in [0.717, 1.165) is 5.56 Å². The van der Waals surface area contributed by atoms with Gasteiger partial charge in [-0.15, -0.1) is 0 Å². The summed E-state index contributed by atoms with van der Waals surface area (Å²) in [6.45, 7) is 0. The number of pyridine rings is 1. The molecule has 0 bridgehead atoms. The molecule has 0 aliphatic heterocycles. The van der Waals surface area contributed by atoms with E-state index < -0.39 is 6.10 Å². The number of aliphatic hydroxyl groups excluding tert-OH is 1. The summed E-state index contributed by atoms with van der Waals surface area (Å²) in [5.41, 5.74) is 0.816. The molecule has 2 rings (SSSR count). The maximum absolute atomic E-state index is 9.88. The van der Waals surface area contributed by atoms with Crippen molar-refractivity contribution in [1.82, 2.24) is 4.98 Å². The summed E-state index contributed by atoms with van der Waals surface area (Å²) in [5.74, 6) is 0.429. The van der Waals surface area contributed by atoms with Crippen molar-refractivity contribution >= 4 is 23.2 Å². The van der Waals surface area contributed by atoms with E-state index in [9.17, 15) is 5.11 Å². The van der Waals surface area contributed by atoms with Crippen LogP contribution >= 0.6 is 23.2 Å². The van der Waals surface area contributed by atoms with Crippen LogP contribution in [0.15, 0.2) is 35.0 Å². The largest absolute Gasteiger partial charge is 0.447 e. The summed E-state index contributed by atoms with van der Waals surface area (Å²) in [6, 6.07) is 4.99. The van der Waals surface area contributed by atoms with E-state index in [4.69, 9.17) is 27.6 Å². The lowest BCUT2D eigenvalue weighted by Gasteiger charge is -2.08. The standard InChI is InChI=1S/C11H9Cl2NO2/c12-8-6-14-4-3-7(8)5-9(15)10-1-2-11(13)16-10/h1-4,6,9,15H,5H2. The zero-order chi connectivity index (χ0) is 11.5. The number of rotatable bonds is 3. The van der Waals surface area contributed by atoms with Gasteiger partial charge in [0.15, 0.2) is 5.22 Å². The van der Waals surface area contributed by atoms with Gasteiger partial charge in [0, 0.05) is 18.8 Å². The second-order valence-corrected chi connectivity index (χ2v) is 4.11. The van der Waals surface area contributed by atoms with E-state index in [-0.39, 0.29) is 5.22 Å². The minimum Gasteiger partial charge on any atom is -0.447 e. The summed E-state index contributed by atoms with van der Waals surface area (Å²) in [5, 5.41) is 10.7. The molecule has 0 amide bonds. The molecule has 1 atom stereocenters. The average Bonchev–Trinajstić information content (AvgIpc) is 2.68. The molecule has 1 unspecified atom stereocenters. The lowest BCUT2D eigenvalue weighted by atomic mass is 10.1. The van der Waals surface area contributed by atoms with Crippen LogP contribution in [0.2, 0.25) is 10.2 Å². The van der Waals surface area contributed by atoms with Crippen LogP contribution in [0.3, 0.4) is 0 Å². The quantitative estimate of drug-likeness (QED) is 0.919. The van der Waals surface area contributed by atoms with Crippen LogP contribution in [0, 0.1) is 0 Å². The van der Waals surface area contributed by atoms with Gasteiger partial charge in [0.05, 0.1) is 5.02 Å². The second kappa shape index (κ2) is 4.87. The fraction of sp³-hybridized carbons (Fsp3) is 0.182. The van der Waals surface area contributed by atoms with E-state index in [1.807, 2.05) is 0 Å². The van der Waals surface area contributed by atoms with E-state index in [0.29, 0.717) is 17.2 Å². The van der Waals surface area contributed by atoms with Crippen LogP contribution in [0.5, 0.6) is 0 Å². The van der Waals surface area contributed by atoms with Crippen LogP contribution in [-0.2, 0) is 6.42 Å². The predicted molar refractivity (Wildman–Crippen MR) is 61.6 cm³/mol. The van der Waals surface area contributed by atoms with Crippen molar-refractivity contribution in [3.05, 3.63) is 52.2 Å². The van der Waals surface area contributed by atoms with Crippen LogP contribution in [0.25, 0.3) is 0 Å². The van der Waals surface area contributed by atoms with Crippen molar-refractivity contribution in [2.24, 2.45) is 0 Å². The second-order valence-electron chi connectivity index (χ2n) is 3.33. The molecule has 16 heavy (non-hydrogen) atoms. The number of aromatic nitrogens is 1. The van der Waals surface area contributed by atoms with Crippen molar-refractivity contribution < 1.29 is 9.52 Å². The molecule has 84 valence electrons. The van der Waals surface area contributed by atoms with Crippen LogP contribution in [-0.4, -0.2) is 10.1 Å². The Labute approximate surface area is 103 Å². The monoisotopic (exact) mass is 257 g/mol. The van der Waals surface area contributed by atoms with Gasteiger partial charge in [-0.3, -0.25) is 4.98 Å². The molecule has 3 nitrogen and oxygen atoms in total. The predicted octanol–water partition coefficient (Wildman–Crippen LogP) is 3.26. The molecular formula is C11H9Cl2NO2. The molecule has 1 N–H and O–H groups in total. The molecule has 0 radical (unpaired) electrons. The highest BCUT2D eigenvalue weighted by molar-refractivity contribution is 6.31. The fourth-order valence-electron chi connectivity index (χ4n) is 1.39. The van der Waals surface area contributed by atoms with Gasteiger partial charge in [-0.25, -0.2) is 0 Å². The minimum absolute atomic E-state index is 0.259. The number of furan rings is 1. The average molecular weight is 258 g/mol. The molecule has 5 heteroatoms. The Balaban J connectivity index is 2.13. The lowest BCUT2D eigenvalue weighted by Crippen LogP contribution is -2.01. The van der Waals surface area contributed by atoms with E-state index in [1.54, 1.807) is 30.6 Å². The first-order valence-corrected chi connectivity index (χ1v) is 5.44. The number of nitrogens with zero attached hydrogens (tertiary/aromatic N) is 1. The topological polar surface area (TPSA) is 46.3 Å². The van der Waals surface area contributed by atoms with E-state index >= 15 is 0 Å².